The van der Waals surface area contributed by atoms with E-state index in [0.29, 0.717) is 18.9 Å². The van der Waals surface area contributed by atoms with Gasteiger partial charge in [-0.2, -0.15) is 5.10 Å². The number of carbonyl (C=O) groups is 1. The quantitative estimate of drug-likeness (QED) is 0.726. The number of carbonyl (C=O) groups excluding carboxylic acids is 1. The summed E-state index contributed by atoms with van der Waals surface area (Å²) >= 11 is 0. The third-order valence-electron chi connectivity index (χ3n) is 5.13. The monoisotopic (exact) mass is 349 g/mol. The lowest BCUT2D eigenvalue weighted by molar-refractivity contribution is -0.132. The minimum absolute atomic E-state index is 0.207. The number of rotatable bonds is 4. The van der Waals surface area contributed by atoms with Gasteiger partial charge in [-0.1, -0.05) is 18.2 Å². The van der Waals surface area contributed by atoms with E-state index in [9.17, 15) is 4.79 Å². The maximum atomic E-state index is 12.6. The minimum Gasteiger partial charge on any atom is -0.343 e. The molecule has 6 nitrogen and oxygen atoms in total. The van der Waals surface area contributed by atoms with Gasteiger partial charge >= 0.3 is 0 Å². The smallest absolute Gasteiger partial charge is 0.224 e. The Morgan fingerprint density at radius 3 is 2.77 bits per heavy atom. The van der Waals surface area contributed by atoms with Crippen molar-refractivity contribution in [2.45, 2.75) is 38.6 Å². The summed E-state index contributed by atoms with van der Waals surface area (Å²) in [5, 5.41) is 5.51. The highest BCUT2D eigenvalue weighted by atomic mass is 16.2. The maximum Gasteiger partial charge on any atom is 0.224 e. The highest BCUT2D eigenvalue weighted by Crippen LogP contribution is 2.26. The molecule has 1 fully saturated rings. The molecule has 1 aliphatic rings. The molecular weight excluding hydrogens is 326 g/mol. The van der Waals surface area contributed by atoms with E-state index in [2.05, 4.69) is 15.1 Å². The zero-order chi connectivity index (χ0) is 17.9. The second-order valence-corrected chi connectivity index (χ2v) is 6.92. The zero-order valence-electron chi connectivity index (χ0n) is 15.0. The molecule has 1 aromatic carbocycles. The lowest BCUT2D eigenvalue weighted by atomic mass is 9.93. The van der Waals surface area contributed by atoms with Gasteiger partial charge in [0.1, 0.15) is 0 Å². The molecule has 1 saturated heterocycles. The molecule has 0 aliphatic carbocycles. The molecular formula is C20H23N5O. The number of amides is 1. The number of hydrogen-bond acceptors (Lipinski definition) is 4. The van der Waals surface area contributed by atoms with Gasteiger partial charge in [0.25, 0.3) is 0 Å². The summed E-state index contributed by atoms with van der Waals surface area (Å²) in [6, 6.07) is 8.09. The standard InChI is InChI=1S/C20H23N5O/c1-15-12-21-14-18(23-15)16-6-9-24(10-7-16)20(26)8-11-25-19-5-3-2-4-17(19)13-22-25/h2-5,12-14,16H,6-11H2,1H3. The molecule has 134 valence electrons. The fraction of sp³-hybridized carbons (Fsp3) is 0.400. The van der Waals surface area contributed by atoms with Gasteiger partial charge in [0.15, 0.2) is 0 Å². The van der Waals surface area contributed by atoms with Crippen LogP contribution in [0.4, 0.5) is 0 Å². The normalized spacial score (nSPS) is 15.5. The first-order chi connectivity index (χ1) is 12.7. The van der Waals surface area contributed by atoms with Crippen LogP contribution in [-0.4, -0.2) is 43.6 Å². The number of piperidine rings is 1. The van der Waals surface area contributed by atoms with E-state index in [4.69, 9.17) is 0 Å². The Morgan fingerprint density at radius 1 is 1.15 bits per heavy atom. The molecule has 0 spiro atoms. The Hall–Kier alpha value is -2.76. The second kappa shape index (κ2) is 7.23. The molecule has 0 bridgehead atoms. The molecule has 0 radical (unpaired) electrons. The van der Waals surface area contributed by atoms with Crippen molar-refractivity contribution in [1.82, 2.24) is 24.6 Å². The number of aryl methyl sites for hydroxylation is 2. The summed E-state index contributed by atoms with van der Waals surface area (Å²) in [6.07, 6.45) is 7.89. The molecule has 3 aromatic rings. The molecule has 3 heterocycles. The average molecular weight is 349 g/mol. The fourth-order valence-electron chi connectivity index (χ4n) is 3.67. The van der Waals surface area contributed by atoms with Crippen molar-refractivity contribution in [1.29, 1.82) is 0 Å². The summed E-state index contributed by atoms with van der Waals surface area (Å²) in [5.74, 6) is 0.611. The number of hydrogen-bond donors (Lipinski definition) is 0. The molecule has 0 saturated carbocycles. The first-order valence-electron chi connectivity index (χ1n) is 9.17. The van der Waals surface area contributed by atoms with Gasteiger partial charge in [-0.3, -0.25) is 19.4 Å². The van der Waals surface area contributed by atoms with Crippen LogP contribution in [0.2, 0.25) is 0 Å². The van der Waals surface area contributed by atoms with Crippen LogP contribution < -0.4 is 0 Å². The summed E-state index contributed by atoms with van der Waals surface area (Å²) < 4.78 is 1.92. The Kier molecular flexibility index (Phi) is 4.65. The zero-order valence-corrected chi connectivity index (χ0v) is 15.0. The van der Waals surface area contributed by atoms with Gasteiger partial charge in [0.05, 0.1) is 29.6 Å². The minimum atomic E-state index is 0.207. The predicted octanol–water partition coefficient (Wildman–Crippen LogP) is 2.93. The van der Waals surface area contributed by atoms with Crippen LogP contribution in [0.15, 0.2) is 42.9 Å². The molecule has 1 amide bonds. The number of aromatic nitrogens is 4. The van der Waals surface area contributed by atoms with E-state index < -0.39 is 0 Å². The Labute approximate surface area is 152 Å². The number of nitrogens with zero attached hydrogens (tertiary/aromatic N) is 5. The van der Waals surface area contributed by atoms with Gasteiger partial charge in [-0.15, -0.1) is 0 Å². The number of para-hydroxylation sites is 1. The number of likely N-dealkylation sites (tertiary alicyclic amines) is 1. The molecule has 26 heavy (non-hydrogen) atoms. The van der Waals surface area contributed by atoms with Crippen molar-refractivity contribution in [3.05, 3.63) is 54.2 Å². The molecule has 2 aromatic heterocycles. The third kappa shape index (κ3) is 3.45. The highest BCUT2D eigenvalue weighted by molar-refractivity contribution is 5.79. The highest BCUT2D eigenvalue weighted by Gasteiger charge is 2.24. The number of fused-ring (bicyclic) bond motifs is 1. The lowest BCUT2D eigenvalue weighted by Gasteiger charge is -2.31. The summed E-state index contributed by atoms with van der Waals surface area (Å²) in [6.45, 7) is 4.17. The van der Waals surface area contributed by atoms with Gasteiger partial charge < -0.3 is 4.90 Å². The van der Waals surface area contributed by atoms with Crippen LogP contribution in [0.3, 0.4) is 0 Å². The average Bonchev–Trinajstić information content (AvgIpc) is 3.09. The van der Waals surface area contributed by atoms with Crippen LogP contribution in [0.25, 0.3) is 10.9 Å². The van der Waals surface area contributed by atoms with E-state index in [-0.39, 0.29) is 5.91 Å². The molecule has 0 N–H and O–H groups in total. The first-order valence-corrected chi connectivity index (χ1v) is 9.17. The van der Waals surface area contributed by atoms with Crippen molar-refractivity contribution < 1.29 is 4.79 Å². The van der Waals surface area contributed by atoms with Crippen LogP contribution in [0.5, 0.6) is 0 Å². The number of benzene rings is 1. The van der Waals surface area contributed by atoms with Crippen molar-refractivity contribution >= 4 is 16.8 Å². The van der Waals surface area contributed by atoms with Crippen LogP contribution >= 0.6 is 0 Å². The van der Waals surface area contributed by atoms with Gasteiger partial charge in [0, 0.05) is 43.2 Å². The van der Waals surface area contributed by atoms with E-state index in [1.165, 1.54) is 0 Å². The maximum absolute atomic E-state index is 12.6. The Bertz CT molecular complexity index is 911. The second-order valence-electron chi connectivity index (χ2n) is 6.92. The Balaban J connectivity index is 1.32. The summed E-state index contributed by atoms with van der Waals surface area (Å²) in [5.41, 5.74) is 3.09. The topological polar surface area (TPSA) is 63.9 Å². The van der Waals surface area contributed by atoms with Crippen molar-refractivity contribution in [2.24, 2.45) is 0 Å². The molecule has 1 aliphatic heterocycles. The van der Waals surface area contributed by atoms with E-state index in [0.717, 1.165) is 48.2 Å². The van der Waals surface area contributed by atoms with Gasteiger partial charge in [-0.05, 0) is 25.8 Å². The van der Waals surface area contributed by atoms with E-state index in [1.807, 2.05) is 53.2 Å². The van der Waals surface area contributed by atoms with Crippen LogP contribution in [-0.2, 0) is 11.3 Å². The van der Waals surface area contributed by atoms with E-state index >= 15 is 0 Å². The summed E-state index contributed by atoms with van der Waals surface area (Å²) in [4.78, 5) is 23.4. The SMILES string of the molecule is Cc1cncc(C2CCN(C(=O)CCn3ncc4ccccc43)CC2)n1. The first kappa shape index (κ1) is 16.7. The molecule has 4 rings (SSSR count). The van der Waals surface area contributed by atoms with Crippen LogP contribution in [0.1, 0.15) is 36.6 Å². The van der Waals surface area contributed by atoms with Crippen LogP contribution in [0, 0.1) is 6.92 Å². The fourth-order valence-corrected chi connectivity index (χ4v) is 3.67. The van der Waals surface area contributed by atoms with Crippen molar-refractivity contribution in [3.63, 3.8) is 0 Å². The predicted molar refractivity (Wildman–Crippen MR) is 99.7 cm³/mol. The van der Waals surface area contributed by atoms with Gasteiger partial charge in [0.2, 0.25) is 5.91 Å². The largest absolute Gasteiger partial charge is 0.343 e. The van der Waals surface area contributed by atoms with Crippen molar-refractivity contribution in [3.8, 4) is 0 Å². The lowest BCUT2D eigenvalue weighted by Crippen LogP contribution is -2.38. The molecule has 0 atom stereocenters. The van der Waals surface area contributed by atoms with E-state index in [1.54, 1.807) is 6.20 Å². The molecule has 0 unspecified atom stereocenters. The third-order valence-corrected chi connectivity index (χ3v) is 5.13. The van der Waals surface area contributed by atoms with Crippen molar-refractivity contribution in [2.75, 3.05) is 13.1 Å². The molecule has 6 heteroatoms. The Morgan fingerprint density at radius 2 is 1.96 bits per heavy atom. The summed E-state index contributed by atoms with van der Waals surface area (Å²) in [7, 11) is 0. The van der Waals surface area contributed by atoms with Gasteiger partial charge in [-0.25, -0.2) is 0 Å².